The number of rotatable bonds is 3. The molecule has 0 aliphatic heterocycles. The second-order valence-corrected chi connectivity index (χ2v) is 3.79. The molecular weight excluding hydrogens is 278 g/mol. The lowest BCUT2D eigenvalue weighted by atomic mass is 10.2. The summed E-state index contributed by atoms with van der Waals surface area (Å²) in [5, 5.41) is 0. The summed E-state index contributed by atoms with van der Waals surface area (Å²) in [4.78, 5) is 3.61. The zero-order valence-corrected chi connectivity index (χ0v) is 9.59. The molecular formula is C10H10F6N2O. The predicted molar refractivity (Wildman–Crippen MR) is 53.4 cm³/mol. The molecule has 1 aromatic rings. The highest BCUT2D eigenvalue weighted by atomic mass is 19.4. The van der Waals surface area contributed by atoms with E-state index in [2.05, 4.69) is 9.72 Å². The number of pyridine rings is 1. The number of halogens is 6. The van der Waals surface area contributed by atoms with Crippen molar-refractivity contribution in [1.29, 1.82) is 0 Å². The first kappa shape index (κ1) is 15.5. The topological polar surface area (TPSA) is 48.1 Å². The summed E-state index contributed by atoms with van der Waals surface area (Å²) in [5.41, 5.74) is 5.76. The van der Waals surface area contributed by atoms with Gasteiger partial charge in [-0.25, -0.2) is 0 Å². The van der Waals surface area contributed by atoms with Crippen LogP contribution in [0, 0.1) is 0 Å². The Morgan fingerprint density at radius 2 is 1.63 bits per heavy atom. The molecule has 0 aliphatic carbocycles. The van der Waals surface area contributed by atoms with E-state index in [1.165, 1.54) is 6.07 Å². The molecule has 1 heterocycles. The van der Waals surface area contributed by atoms with Crippen LogP contribution in [0.5, 0.6) is 5.75 Å². The lowest BCUT2D eigenvalue weighted by molar-refractivity contribution is -0.299. The first-order chi connectivity index (χ1) is 8.51. The minimum atomic E-state index is -5.56. The van der Waals surface area contributed by atoms with Gasteiger partial charge in [-0.05, 0) is 19.1 Å². The molecule has 3 nitrogen and oxygen atoms in total. The zero-order valence-electron chi connectivity index (χ0n) is 9.59. The van der Waals surface area contributed by atoms with Crippen molar-refractivity contribution in [3.63, 3.8) is 0 Å². The summed E-state index contributed by atoms with van der Waals surface area (Å²) in [6.07, 6.45) is -14.2. The van der Waals surface area contributed by atoms with Gasteiger partial charge in [0.25, 0.3) is 6.10 Å². The largest absolute Gasteiger partial charge is 0.470 e. The van der Waals surface area contributed by atoms with Gasteiger partial charge >= 0.3 is 12.4 Å². The summed E-state index contributed by atoms with van der Waals surface area (Å²) in [7, 11) is 0. The Balaban J connectivity index is 2.92. The van der Waals surface area contributed by atoms with Crippen LogP contribution in [0.15, 0.2) is 18.3 Å². The molecule has 0 fully saturated rings. The molecule has 1 aromatic heterocycles. The minimum Gasteiger partial charge on any atom is -0.470 e. The monoisotopic (exact) mass is 288 g/mol. The van der Waals surface area contributed by atoms with Gasteiger partial charge in [-0.3, -0.25) is 4.98 Å². The summed E-state index contributed by atoms with van der Waals surface area (Å²) in [6, 6.07) is 1.66. The van der Waals surface area contributed by atoms with Crippen LogP contribution in [0.25, 0.3) is 0 Å². The maximum absolute atomic E-state index is 12.2. The van der Waals surface area contributed by atoms with E-state index in [9.17, 15) is 26.3 Å². The highest BCUT2D eigenvalue weighted by molar-refractivity contribution is 5.21. The first-order valence-corrected chi connectivity index (χ1v) is 5.03. The Kier molecular flexibility index (Phi) is 4.28. The van der Waals surface area contributed by atoms with Gasteiger partial charge < -0.3 is 10.5 Å². The van der Waals surface area contributed by atoms with Crippen molar-refractivity contribution in [3.8, 4) is 5.75 Å². The summed E-state index contributed by atoms with van der Waals surface area (Å²) in [5.74, 6) is -0.635. The molecule has 0 unspecified atom stereocenters. The van der Waals surface area contributed by atoms with Crippen LogP contribution >= 0.6 is 0 Å². The normalized spacial score (nSPS) is 14.6. The number of nitrogens with two attached hydrogens (primary N) is 1. The maximum atomic E-state index is 12.2. The maximum Gasteiger partial charge on any atom is 0.434 e. The predicted octanol–water partition coefficient (Wildman–Crippen LogP) is 2.97. The Hall–Kier alpha value is -1.51. The van der Waals surface area contributed by atoms with Gasteiger partial charge in [-0.2, -0.15) is 26.3 Å². The summed E-state index contributed by atoms with van der Waals surface area (Å²) in [6.45, 7) is 1.57. The molecule has 0 saturated heterocycles. The number of nitrogens with zero attached hydrogens (tertiary/aromatic N) is 1. The van der Waals surface area contributed by atoms with E-state index in [0.717, 1.165) is 12.3 Å². The van der Waals surface area contributed by atoms with Crippen LogP contribution in [0.3, 0.4) is 0 Å². The number of aromatic nitrogens is 1. The van der Waals surface area contributed by atoms with Crippen LogP contribution in [0.2, 0.25) is 0 Å². The second-order valence-electron chi connectivity index (χ2n) is 3.79. The highest BCUT2D eigenvalue weighted by Gasteiger charge is 2.59. The molecule has 0 bridgehead atoms. The standard InChI is InChI=1S/C10H10F6N2O/c1-5(17)7-3-2-6(4-18-7)19-8(9(11,12)13)10(14,15)16/h2-5,8H,17H2,1H3/t5-/m0/s1. The van der Waals surface area contributed by atoms with Crippen molar-refractivity contribution in [2.75, 3.05) is 0 Å². The molecule has 2 N–H and O–H groups in total. The van der Waals surface area contributed by atoms with E-state index in [1.54, 1.807) is 6.92 Å². The number of alkyl halides is 6. The third-order valence-corrected chi connectivity index (χ3v) is 2.07. The van der Waals surface area contributed by atoms with Gasteiger partial charge in [0.05, 0.1) is 11.9 Å². The second kappa shape index (κ2) is 5.24. The van der Waals surface area contributed by atoms with Crippen molar-refractivity contribution in [2.45, 2.75) is 31.4 Å². The molecule has 0 aromatic carbocycles. The fourth-order valence-corrected chi connectivity index (χ4v) is 1.19. The van der Waals surface area contributed by atoms with Gasteiger partial charge in [-0.15, -0.1) is 0 Å². The average molecular weight is 288 g/mol. The van der Waals surface area contributed by atoms with Gasteiger partial charge in [-0.1, -0.05) is 0 Å². The molecule has 108 valence electrons. The quantitative estimate of drug-likeness (QED) is 0.870. The third-order valence-electron chi connectivity index (χ3n) is 2.07. The molecule has 0 radical (unpaired) electrons. The third kappa shape index (κ3) is 4.27. The molecule has 0 amide bonds. The van der Waals surface area contributed by atoms with E-state index in [0.29, 0.717) is 5.69 Å². The molecule has 0 aliphatic rings. The number of hydrogen-bond acceptors (Lipinski definition) is 3. The highest BCUT2D eigenvalue weighted by Crippen LogP contribution is 2.36. The van der Waals surface area contributed by atoms with E-state index in [4.69, 9.17) is 5.73 Å². The van der Waals surface area contributed by atoms with Gasteiger partial charge in [0.1, 0.15) is 5.75 Å². The van der Waals surface area contributed by atoms with Gasteiger partial charge in [0, 0.05) is 6.04 Å². The van der Waals surface area contributed by atoms with Crippen LogP contribution in [-0.4, -0.2) is 23.4 Å². The lowest BCUT2D eigenvalue weighted by Crippen LogP contribution is -2.46. The minimum absolute atomic E-state index is 0.322. The first-order valence-electron chi connectivity index (χ1n) is 5.03. The van der Waals surface area contributed by atoms with E-state index >= 15 is 0 Å². The molecule has 1 rings (SSSR count). The van der Waals surface area contributed by atoms with Crippen molar-refractivity contribution in [3.05, 3.63) is 24.0 Å². The zero-order chi connectivity index (χ0) is 14.8. The van der Waals surface area contributed by atoms with Crippen LogP contribution in [0.4, 0.5) is 26.3 Å². The molecule has 9 heteroatoms. The average Bonchev–Trinajstić information content (AvgIpc) is 2.23. The molecule has 0 spiro atoms. The fraction of sp³-hybridized carbons (Fsp3) is 0.500. The van der Waals surface area contributed by atoms with Crippen molar-refractivity contribution in [2.24, 2.45) is 5.73 Å². The fourth-order valence-electron chi connectivity index (χ4n) is 1.19. The summed E-state index contributed by atoms with van der Waals surface area (Å²) < 4.78 is 77.3. The van der Waals surface area contributed by atoms with E-state index < -0.39 is 30.2 Å². The number of ether oxygens (including phenoxy) is 1. The molecule has 0 saturated carbocycles. The Morgan fingerprint density at radius 3 is 1.95 bits per heavy atom. The Morgan fingerprint density at radius 1 is 1.11 bits per heavy atom. The van der Waals surface area contributed by atoms with Gasteiger partial charge in [0.15, 0.2) is 0 Å². The van der Waals surface area contributed by atoms with E-state index in [1.807, 2.05) is 0 Å². The number of hydrogen-bond donors (Lipinski definition) is 1. The molecule has 1 atom stereocenters. The van der Waals surface area contributed by atoms with E-state index in [-0.39, 0.29) is 0 Å². The lowest BCUT2D eigenvalue weighted by Gasteiger charge is -2.23. The van der Waals surface area contributed by atoms with Crippen LogP contribution in [-0.2, 0) is 0 Å². The SMILES string of the molecule is C[C@H](N)c1ccc(OC(C(F)(F)F)C(F)(F)F)cn1. The smallest absolute Gasteiger partial charge is 0.434 e. The van der Waals surface area contributed by atoms with Crippen molar-refractivity contribution < 1.29 is 31.1 Å². The van der Waals surface area contributed by atoms with Crippen LogP contribution in [0.1, 0.15) is 18.7 Å². The Bertz CT molecular complexity index is 398. The Labute approximate surface area is 104 Å². The summed E-state index contributed by atoms with van der Waals surface area (Å²) >= 11 is 0. The van der Waals surface area contributed by atoms with Gasteiger partial charge in [0.2, 0.25) is 0 Å². The van der Waals surface area contributed by atoms with Crippen molar-refractivity contribution in [1.82, 2.24) is 4.98 Å². The van der Waals surface area contributed by atoms with Crippen molar-refractivity contribution >= 4 is 0 Å². The van der Waals surface area contributed by atoms with Crippen LogP contribution < -0.4 is 10.5 Å². The molecule has 19 heavy (non-hydrogen) atoms.